The molecule has 3 rings (SSSR count). The SMILES string of the molecule is COCc1c(C(=O)N2C[C@@H](CO)[C@H](c3ccncc3)C2)noc1C. The van der Waals surface area contributed by atoms with Gasteiger partial charge in [-0.1, -0.05) is 5.16 Å². The average molecular weight is 331 g/mol. The molecule has 0 unspecified atom stereocenters. The predicted octanol–water partition coefficient (Wildman–Crippen LogP) is 1.37. The van der Waals surface area contributed by atoms with Crippen molar-refractivity contribution in [3.05, 3.63) is 47.1 Å². The van der Waals surface area contributed by atoms with Crippen LogP contribution in [0.5, 0.6) is 0 Å². The lowest BCUT2D eigenvalue weighted by atomic mass is 9.90. The van der Waals surface area contributed by atoms with E-state index < -0.39 is 0 Å². The van der Waals surface area contributed by atoms with Crippen LogP contribution >= 0.6 is 0 Å². The lowest BCUT2D eigenvalue weighted by molar-refractivity contribution is 0.0766. The van der Waals surface area contributed by atoms with Gasteiger partial charge >= 0.3 is 0 Å². The number of aromatic nitrogens is 2. The number of likely N-dealkylation sites (tertiary alicyclic amines) is 1. The number of hydrogen-bond acceptors (Lipinski definition) is 6. The summed E-state index contributed by atoms with van der Waals surface area (Å²) in [6, 6.07) is 3.86. The summed E-state index contributed by atoms with van der Waals surface area (Å²) in [5, 5.41) is 13.6. The molecule has 1 fully saturated rings. The lowest BCUT2D eigenvalue weighted by Crippen LogP contribution is -2.30. The van der Waals surface area contributed by atoms with Crippen LogP contribution in [-0.2, 0) is 11.3 Å². The molecule has 1 aliphatic rings. The predicted molar refractivity (Wildman–Crippen MR) is 85.4 cm³/mol. The molecule has 7 nitrogen and oxygen atoms in total. The van der Waals surface area contributed by atoms with Crippen molar-refractivity contribution >= 4 is 5.91 Å². The summed E-state index contributed by atoms with van der Waals surface area (Å²) in [6.45, 7) is 3.09. The summed E-state index contributed by atoms with van der Waals surface area (Å²) in [5.41, 5.74) is 2.05. The van der Waals surface area contributed by atoms with Crippen molar-refractivity contribution in [3.8, 4) is 0 Å². The molecule has 0 saturated carbocycles. The van der Waals surface area contributed by atoms with Crippen molar-refractivity contribution < 1.29 is 19.2 Å². The molecule has 0 aromatic carbocycles. The van der Waals surface area contributed by atoms with Crippen LogP contribution in [0.4, 0.5) is 0 Å². The zero-order valence-corrected chi connectivity index (χ0v) is 13.8. The van der Waals surface area contributed by atoms with Gasteiger partial charge < -0.3 is 19.3 Å². The Kier molecular flexibility index (Phi) is 4.92. The van der Waals surface area contributed by atoms with Gasteiger partial charge in [-0.25, -0.2) is 0 Å². The van der Waals surface area contributed by atoms with Gasteiger partial charge in [0.1, 0.15) is 5.76 Å². The van der Waals surface area contributed by atoms with Crippen molar-refractivity contribution in [2.24, 2.45) is 5.92 Å². The van der Waals surface area contributed by atoms with E-state index in [1.165, 1.54) is 0 Å². The molecule has 0 bridgehead atoms. The highest BCUT2D eigenvalue weighted by Gasteiger charge is 2.37. The molecule has 2 atom stereocenters. The maximum atomic E-state index is 12.8. The summed E-state index contributed by atoms with van der Waals surface area (Å²) in [4.78, 5) is 18.6. The van der Waals surface area contributed by atoms with Crippen LogP contribution in [0.2, 0.25) is 0 Å². The van der Waals surface area contributed by atoms with Gasteiger partial charge in [0.2, 0.25) is 0 Å². The van der Waals surface area contributed by atoms with Crippen LogP contribution in [0.25, 0.3) is 0 Å². The highest BCUT2D eigenvalue weighted by molar-refractivity contribution is 5.94. The van der Waals surface area contributed by atoms with E-state index in [0.717, 1.165) is 5.56 Å². The summed E-state index contributed by atoms with van der Waals surface area (Å²) in [5.74, 6) is 0.480. The number of pyridine rings is 1. The molecule has 1 aliphatic heterocycles. The lowest BCUT2D eigenvalue weighted by Gasteiger charge is -2.16. The molecule has 1 amide bonds. The van der Waals surface area contributed by atoms with Gasteiger partial charge in [-0.3, -0.25) is 9.78 Å². The smallest absolute Gasteiger partial charge is 0.276 e. The van der Waals surface area contributed by atoms with Gasteiger partial charge in [0.25, 0.3) is 5.91 Å². The Hall–Kier alpha value is -2.25. The molecule has 1 N–H and O–H groups in total. The monoisotopic (exact) mass is 331 g/mol. The Labute approximate surface area is 140 Å². The normalized spacial score (nSPS) is 20.5. The van der Waals surface area contributed by atoms with E-state index in [2.05, 4.69) is 10.1 Å². The third-order valence-electron chi connectivity index (χ3n) is 4.57. The van der Waals surface area contributed by atoms with Crippen molar-refractivity contribution in [1.82, 2.24) is 15.0 Å². The Morgan fingerprint density at radius 1 is 1.42 bits per heavy atom. The fraction of sp³-hybridized carbons (Fsp3) is 0.471. The molecule has 0 spiro atoms. The summed E-state index contributed by atoms with van der Waals surface area (Å²) in [7, 11) is 1.57. The molecule has 2 aromatic rings. The van der Waals surface area contributed by atoms with Crippen molar-refractivity contribution in [1.29, 1.82) is 0 Å². The minimum atomic E-state index is -0.186. The number of nitrogens with zero attached hydrogens (tertiary/aromatic N) is 3. The fourth-order valence-corrected chi connectivity index (χ4v) is 3.23. The first-order valence-corrected chi connectivity index (χ1v) is 7.89. The fourth-order valence-electron chi connectivity index (χ4n) is 3.23. The zero-order valence-electron chi connectivity index (χ0n) is 13.8. The first kappa shape index (κ1) is 16.6. The first-order chi connectivity index (χ1) is 11.7. The van der Waals surface area contributed by atoms with Gasteiger partial charge in [-0.2, -0.15) is 0 Å². The van der Waals surface area contributed by atoms with Gasteiger partial charge in [0.05, 0.1) is 12.2 Å². The first-order valence-electron chi connectivity index (χ1n) is 7.89. The standard InChI is InChI=1S/C17H21N3O4/c1-11-15(10-23-2)16(19-24-11)17(22)20-7-13(9-21)14(8-20)12-3-5-18-6-4-12/h3-6,13-14,21H,7-10H2,1-2H3/t13-,14-/m0/s1. The highest BCUT2D eigenvalue weighted by atomic mass is 16.5. The van der Waals surface area contributed by atoms with Gasteiger partial charge in [-0.05, 0) is 24.6 Å². The number of rotatable bonds is 5. The molecule has 0 aliphatic carbocycles. The van der Waals surface area contributed by atoms with Crippen LogP contribution in [-0.4, -0.2) is 52.9 Å². The number of aliphatic hydroxyl groups is 1. The van der Waals surface area contributed by atoms with Crippen LogP contribution in [0, 0.1) is 12.8 Å². The molecule has 0 radical (unpaired) electrons. The second kappa shape index (κ2) is 7.11. The third kappa shape index (κ3) is 3.05. The molecular formula is C17H21N3O4. The van der Waals surface area contributed by atoms with E-state index in [1.54, 1.807) is 31.3 Å². The maximum absolute atomic E-state index is 12.8. The number of carbonyl (C=O) groups excluding carboxylic acids is 1. The summed E-state index contributed by atoms with van der Waals surface area (Å²) >= 11 is 0. The number of aryl methyl sites for hydroxylation is 1. The second-order valence-electron chi connectivity index (χ2n) is 6.04. The molecule has 128 valence electrons. The maximum Gasteiger partial charge on any atom is 0.276 e. The Morgan fingerprint density at radius 3 is 2.83 bits per heavy atom. The quantitative estimate of drug-likeness (QED) is 0.890. The van der Waals surface area contributed by atoms with Gasteiger partial charge in [-0.15, -0.1) is 0 Å². The third-order valence-corrected chi connectivity index (χ3v) is 4.57. The molecule has 7 heteroatoms. The number of methoxy groups -OCH3 is 1. The molecule has 3 heterocycles. The summed E-state index contributed by atoms with van der Waals surface area (Å²) in [6.07, 6.45) is 3.46. The van der Waals surface area contributed by atoms with Gasteiger partial charge in [0, 0.05) is 51.0 Å². The van der Waals surface area contributed by atoms with Crippen LogP contribution in [0.3, 0.4) is 0 Å². The van der Waals surface area contributed by atoms with Crippen LogP contribution in [0.15, 0.2) is 29.0 Å². The van der Waals surface area contributed by atoms with Crippen molar-refractivity contribution in [3.63, 3.8) is 0 Å². The molecular weight excluding hydrogens is 310 g/mol. The van der Waals surface area contributed by atoms with Gasteiger partial charge in [0.15, 0.2) is 5.69 Å². The van der Waals surface area contributed by atoms with Crippen molar-refractivity contribution in [2.45, 2.75) is 19.4 Å². The van der Waals surface area contributed by atoms with Crippen LogP contribution in [0.1, 0.15) is 33.3 Å². The van der Waals surface area contributed by atoms with E-state index in [4.69, 9.17) is 9.26 Å². The van der Waals surface area contributed by atoms with Crippen molar-refractivity contribution in [2.75, 3.05) is 26.8 Å². The highest BCUT2D eigenvalue weighted by Crippen LogP contribution is 2.33. The topological polar surface area (TPSA) is 88.7 Å². The molecule has 24 heavy (non-hydrogen) atoms. The summed E-state index contributed by atoms with van der Waals surface area (Å²) < 4.78 is 10.3. The minimum absolute atomic E-state index is 0.00442. The minimum Gasteiger partial charge on any atom is -0.396 e. The molecule has 2 aromatic heterocycles. The number of amides is 1. The second-order valence-corrected chi connectivity index (χ2v) is 6.04. The zero-order chi connectivity index (χ0) is 17.1. The van der Waals surface area contributed by atoms with Crippen LogP contribution < -0.4 is 0 Å². The van der Waals surface area contributed by atoms with E-state index in [0.29, 0.717) is 30.1 Å². The number of carbonyl (C=O) groups is 1. The number of hydrogen-bond donors (Lipinski definition) is 1. The van der Waals surface area contributed by atoms with E-state index in [9.17, 15) is 9.90 Å². The Bertz CT molecular complexity index is 701. The largest absolute Gasteiger partial charge is 0.396 e. The molecule has 1 saturated heterocycles. The van der Waals surface area contributed by atoms with E-state index in [-0.39, 0.29) is 31.0 Å². The number of ether oxygens (including phenoxy) is 1. The van der Waals surface area contributed by atoms with E-state index in [1.807, 2.05) is 12.1 Å². The number of aliphatic hydroxyl groups excluding tert-OH is 1. The Balaban J connectivity index is 1.82. The van der Waals surface area contributed by atoms with E-state index >= 15 is 0 Å². The Morgan fingerprint density at radius 2 is 2.17 bits per heavy atom. The average Bonchev–Trinajstić information content (AvgIpc) is 3.20.